The molecule has 0 spiro atoms. The van der Waals surface area contributed by atoms with Crippen molar-refractivity contribution in [3.8, 4) is 5.82 Å². The van der Waals surface area contributed by atoms with Gasteiger partial charge in [-0.15, -0.1) is 0 Å². The van der Waals surface area contributed by atoms with Gasteiger partial charge in [-0.2, -0.15) is 5.10 Å². The first kappa shape index (κ1) is 16.7. The molecule has 3 aromatic rings. The van der Waals surface area contributed by atoms with Gasteiger partial charge in [0.15, 0.2) is 11.8 Å². The molecule has 25 heavy (non-hydrogen) atoms. The molecule has 2 N–H and O–H groups in total. The molecule has 0 atom stereocenters. The van der Waals surface area contributed by atoms with E-state index in [0.29, 0.717) is 6.54 Å². The van der Waals surface area contributed by atoms with Gasteiger partial charge in [-0.25, -0.2) is 9.67 Å². The Morgan fingerprint density at radius 1 is 1.08 bits per heavy atom. The number of aliphatic imine (C=N–C) groups is 1. The van der Waals surface area contributed by atoms with E-state index in [0.717, 1.165) is 23.9 Å². The Morgan fingerprint density at radius 2 is 1.92 bits per heavy atom. The van der Waals surface area contributed by atoms with Gasteiger partial charge in [0, 0.05) is 38.7 Å². The maximum Gasteiger partial charge on any atom is 0.191 e. The Labute approximate surface area is 147 Å². The molecule has 6 nitrogen and oxygen atoms in total. The van der Waals surface area contributed by atoms with Gasteiger partial charge in [-0.3, -0.25) is 4.99 Å². The first-order valence-corrected chi connectivity index (χ1v) is 8.20. The zero-order valence-corrected chi connectivity index (χ0v) is 14.5. The first-order chi connectivity index (χ1) is 12.3. The van der Waals surface area contributed by atoms with Crippen LogP contribution in [0.25, 0.3) is 5.82 Å². The molecule has 0 fully saturated rings. The van der Waals surface area contributed by atoms with Crippen LogP contribution in [-0.4, -0.2) is 27.8 Å². The Bertz CT molecular complexity index is 839. The highest BCUT2D eigenvalue weighted by molar-refractivity contribution is 5.79. The summed E-state index contributed by atoms with van der Waals surface area (Å²) in [6, 6.07) is 14.2. The summed E-state index contributed by atoms with van der Waals surface area (Å²) in [6.45, 7) is 3.51. The lowest BCUT2D eigenvalue weighted by molar-refractivity contribution is 0.798. The largest absolute Gasteiger partial charge is 0.352 e. The predicted molar refractivity (Wildman–Crippen MR) is 99.6 cm³/mol. The summed E-state index contributed by atoms with van der Waals surface area (Å²) in [4.78, 5) is 8.62. The molecular weight excluding hydrogens is 312 g/mol. The summed E-state index contributed by atoms with van der Waals surface area (Å²) in [5, 5.41) is 10.9. The van der Waals surface area contributed by atoms with Crippen molar-refractivity contribution < 1.29 is 0 Å². The third-order valence-corrected chi connectivity index (χ3v) is 3.94. The number of nitrogens with one attached hydrogen (secondary N) is 2. The van der Waals surface area contributed by atoms with E-state index >= 15 is 0 Å². The van der Waals surface area contributed by atoms with Gasteiger partial charge in [0.25, 0.3) is 0 Å². The SMILES string of the molecule is CN=C(NCc1ccnc(-n2cccn2)c1)NCc1ccccc1C. The molecule has 0 amide bonds. The highest BCUT2D eigenvalue weighted by Crippen LogP contribution is 2.07. The van der Waals surface area contributed by atoms with Crippen LogP contribution in [0.3, 0.4) is 0 Å². The number of hydrogen-bond acceptors (Lipinski definition) is 3. The topological polar surface area (TPSA) is 67.1 Å². The second-order valence-corrected chi connectivity index (χ2v) is 5.68. The lowest BCUT2D eigenvalue weighted by Gasteiger charge is -2.13. The normalized spacial score (nSPS) is 11.4. The van der Waals surface area contributed by atoms with Gasteiger partial charge < -0.3 is 10.6 Å². The predicted octanol–water partition coefficient (Wildman–Crippen LogP) is 2.44. The van der Waals surface area contributed by atoms with Crippen LogP contribution < -0.4 is 10.6 Å². The van der Waals surface area contributed by atoms with Gasteiger partial charge in [0.1, 0.15) is 0 Å². The fourth-order valence-electron chi connectivity index (χ4n) is 2.49. The van der Waals surface area contributed by atoms with Crippen molar-refractivity contribution in [3.05, 3.63) is 77.7 Å². The lowest BCUT2D eigenvalue weighted by Crippen LogP contribution is -2.36. The van der Waals surface area contributed by atoms with Crippen molar-refractivity contribution in [2.75, 3.05) is 7.05 Å². The number of rotatable bonds is 5. The molecule has 3 rings (SSSR count). The quantitative estimate of drug-likeness (QED) is 0.555. The summed E-state index contributed by atoms with van der Waals surface area (Å²) >= 11 is 0. The van der Waals surface area contributed by atoms with E-state index < -0.39 is 0 Å². The average molecular weight is 334 g/mol. The number of nitrogens with zero attached hydrogens (tertiary/aromatic N) is 4. The molecule has 0 aliphatic heterocycles. The molecule has 6 heteroatoms. The second kappa shape index (κ2) is 8.10. The maximum atomic E-state index is 4.34. The van der Waals surface area contributed by atoms with Crippen LogP contribution in [0.4, 0.5) is 0 Å². The molecule has 0 radical (unpaired) electrons. The Kier molecular flexibility index (Phi) is 5.41. The number of guanidine groups is 1. The van der Waals surface area contributed by atoms with E-state index in [1.807, 2.05) is 36.5 Å². The molecule has 128 valence electrons. The Morgan fingerprint density at radius 3 is 2.68 bits per heavy atom. The summed E-state index contributed by atoms with van der Waals surface area (Å²) in [5.74, 6) is 1.56. The van der Waals surface area contributed by atoms with E-state index in [9.17, 15) is 0 Å². The lowest BCUT2D eigenvalue weighted by atomic mass is 10.1. The first-order valence-electron chi connectivity index (χ1n) is 8.20. The third-order valence-electron chi connectivity index (χ3n) is 3.94. The van der Waals surface area contributed by atoms with Gasteiger partial charge in [0.2, 0.25) is 0 Å². The smallest absolute Gasteiger partial charge is 0.191 e. The Hall–Kier alpha value is -3.15. The van der Waals surface area contributed by atoms with Crippen LogP contribution >= 0.6 is 0 Å². The fourth-order valence-corrected chi connectivity index (χ4v) is 2.49. The van der Waals surface area contributed by atoms with Crippen LogP contribution in [0, 0.1) is 6.92 Å². The maximum absolute atomic E-state index is 4.34. The number of hydrogen-bond donors (Lipinski definition) is 2. The molecule has 0 aliphatic carbocycles. The minimum atomic E-state index is 0.657. The number of aromatic nitrogens is 3. The van der Waals surface area contributed by atoms with Crippen LogP contribution in [0.1, 0.15) is 16.7 Å². The highest BCUT2D eigenvalue weighted by Gasteiger charge is 2.03. The van der Waals surface area contributed by atoms with Crippen LogP contribution in [0.2, 0.25) is 0 Å². The van der Waals surface area contributed by atoms with Crippen LogP contribution in [-0.2, 0) is 13.1 Å². The van der Waals surface area contributed by atoms with Gasteiger partial charge in [0.05, 0.1) is 0 Å². The molecule has 0 saturated carbocycles. The summed E-state index contributed by atoms with van der Waals surface area (Å²) in [6.07, 6.45) is 5.41. The minimum absolute atomic E-state index is 0.657. The van der Waals surface area contributed by atoms with Crippen molar-refractivity contribution in [2.24, 2.45) is 4.99 Å². The Balaban J connectivity index is 1.58. The van der Waals surface area contributed by atoms with Crippen molar-refractivity contribution in [3.63, 3.8) is 0 Å². The number of benzene rings is 1. The molecule has 0 saturated heterocycles. The van der Waals surface area contributed by atoms with Crippen molar-refractivity contribution in [1.82, 2.24) is 25.4 Å². The minimum Gasteiger partial charge on any atom is -0.352 e. The monoisotopic (exact) mass is 334 g/mol. The van der Waals surface area contributed by atoms with Crippen molar-refractivity contribution in [1.29, 1.82) is 0 Å². The second-order valence-electron chi connectivity index (χ2n) is 5.68. The third kappa shape index (κ3) is 4.44. The van der Waals surface area contributed by atoms with Gasteiger partial charge >= 0.3 is 0 Å². The number of aryl methyl sites for hydroxylation is 1. The summed E-state index contributed by atoms with van der Waals surface area (Å²) < 4.78 is 1.74. The molecule has 2 heterocycles. The zero-order chi connectivity index (χ0) is 17.5. The van der Waals surface area contributed by atoms with E-state index in [1.54, 1.807) is 24.1 Å². The van der Waals surface area contributed by atoms with Gasteiger partial charge in [-0.1, -0.05) is 24.3 Å². The fraction of sp³-hybridized carbons (Fsp3) is 0.211. The summed E-state index contributed by atoms with van der Waals surface area (Å²) in [7, 11) is 1.77. The molecule has 0 aliphatic rings. The van der Waals surface area contributed by atoms with Crippen LogP contribution in [0.5, 0.6) is 0 Å². The molecule has 0 bridgehead atoms. The van der Waals surface area contributed by atoms with Crippen LogP contribution in [0.15, 0.2) is 66.0 Å². The molecular formula is C19H22N6. The van der Waals surface area contributed by atoms with E-state index in [4.69, 9.17) is 0 Å². The van der Waals surface area contributed by atoms with Crippen molar-refractivity contribution >= 4 is 5.96 Å². The van der Waals surface area contributed by atoms with E-state index in [2.05, 4.69) is 44.8 Å². The highest BCUT2D eigenvalue weighted by atomic mass is 15.3. The summed E-state index contributed by atoms with van der Waals surface area (Å²) in [5.41, 5.74) is 3.64. The van der Waals surface area contributed by atoms with Crippen molar-refractivity contribution in [2.45, 2.75) is 20.0 Å². The molecule has 1 aromatic carbocycles. The molecule has 0 unspecified atom stereocenters. The molecule has 2 aromatic heterocycles. The number of pyridine rings is 1. The average Bonchev–Trinajstić information content (AvgIpc) is 3.18. The van der Waals surface area contributed by atoms with Gasteiger partial charge in [-0.05, 0) is 41.8 Å². The zero-order valence-electron chi connectivity index (χ0n) is 14.5. The standard InChI is InChI=1S/C19H22N6/c1-15-6-3-4-7-17(15)14-23-19(20-2)22-13-16-8-10-21-18(12-16)25-11-5-9-24-25/h3-12H,13-14H2,1-2H3,(H2,20,22,23). The van der Waals surface area contributed by atoms with E-state index in [-0.39, 0.29) is 0 Å². The van der Waals surface area contributed by atoms with E-state index in [1.165, 1.54) is 11.1 Å².